The van der Waals surface area contributed by atoms with Crippen LogP contribution in [0.15, 0.2) is 18.2 Å². The van der Waals surface area contributed by atoms with Gasteiger partial charge in [-0.25, -0.2) is 0 Å². The maximum Gasteiger partial charge on any atom is 0.144 e. The van der Waals surface area contributed by atoms with Gasteiger partial charge in [-0.3, -0.25) is 9.90 Å². The molecule has 88 valence electrons. The van der Waals surface area contributed by atoms with Gasteiger partial charge in [0.05, 0.1) is 24.6 Å². The van der Waals surface area contributed by atoms with Crippen molar-refractivity contribution >= 4 is 11.4 Å². The minimum atomic E-state index is 0.677. The van der Waals surface area contributed by atoms with Crippen LogP contribution < -0.4 is 15.5 Å². The fraction of sp³-hybridized carbons (Fsp3) is 0.500. The summed E-state index contributed by atoms with van der Waals surface area (Å²) >= 11 is 0. The van der Waals surface area contributed by atoms with E-state index in [2.05, 4.69) is 6.92 Å². The quantitative estimate of drug-likeness (QED) is 0.793. The van der Waals surface area contributed by atoms with Gasteiger partial charge in [0.1, 0.15) is 5.75 Å². The SMILES string of the molecule is CCCOc1cc(N2CCCO2)ccc1N. The molecule has 1 aliphatic heterocycles. The Kier molecular flexibility index (Phi) is 3.51. The highest BCUT2D eigenvalue weighted by Gasteiger charge is 2.14. The third kappa shape index (κ3) is 2.39. The molecule has 0 aromatic heterocycles. The lowest BCUT2D eigenvalue weighted by Gasteiger charge is -2.17. The molecule has 1 saturated heterocycles. The average Bonchev–Trinajstić information content (AvgIpc) is 2.81. The minimum absolute atomic E-state index is 0.677. The molecule has 0 unspecified atom stereocenters. The fourth-order valence-electron chi connectivity index (χ4n) is 1.67. The number of nitrogens with zero attached hydrogens (tertiary/aromatic N) is 1. The molecule has 1 aromatic carbocycles. The Bertz CT molecular complexity index is 349. The number of anilines is 2. The molecule has 0 amide bonds. The van der Waals surface area contributed by atoms with Crippen LogP contribution in [0.25, 0.3) is 0 Å². The van der Waals surface area contributed by atoms with Gasteiger partial charge >= 0.3 is 0 Å². The molecule has 16 heavy (non-hydrogen) atoms. The van der Waals surface area contributed by atoms with Gasteiger partial charge in [-0.05, 0) is 25.0 Å². The molecule has 1 heterocycles. The summed E-state index contributed by atoms with van der Waals surface area (Å²) in [7, 11) is 0. The van der Waals surface area contributed by atoms with Crippen LogP contribution in [-0.4, -0.2) is 19.8 Å². The highest BCUT2D eigenvalue weighted by atomic mass is 16.7. The highest BCUT2D eigenvalue weighted by molar-refractivity contribution is 5.61. The molecule has 2 N–H and O–H groups in total. The Hall–Kier alpha value is -1.42. The number of hydrogen-bond donors (Lipinski definition) is 1. The van der Waals surface area contributed by atoms with Crippen molar-refractivity contribution in [3.05, 3.63) is 18.2 Å². The number of nitrogen functional groups attached to an aromatic ring is 1. The predicted octanol–water partition coefficient (Wildman–Crippen LogP) is 2.20. The minimum Gasteiger partial charge on any atom is -0.491 e. The van der Waals surface area contributed by atoms with E-state index in [0.29, 0.717) is 12.3 Å². The van der Waals surface area contributed by atoms with Crippen molar-refractivity contribution in [3.63, 3.8) is 0 Å². The number of hydroxylamine groups is 1. The molecule has 1 aliphatic rings. The van der Waals surface area contributed by atoms with Gasteiger partial charge < -0.3 is 10.5 Å². The molecule has 1 aromatic rings. The number of ether oxygens (including phenoxy) is 1. The van der Waals surface area contributed by atoms with Crippen LogP contribution in [0.1, 0.15) is 19.8 Å². The van der Waals surface area contributed by atoms with E-state index in [4.69, 9.17) is 15.3 Å². The molecule has 0 aliphatic carbocycles. The van der Waals surface area contributed by atoms with E-state index in [1.165, 1.54) is 0 Å². The summed E-state index contributed by atoms with van der Waals surface area (Å²) in [4.78, 5) is 5.48. The Morgan fingerprint density at radius 1 is 1.50 bits per heavy atom. The van der Waals surface area contributed by atoms with E-state index < -0.39 is 0 Å². The second kappa shape index (κ2) is 5.07. The van der Waals surface area contributed by atoms with Crippen LogP contribution in [0, 0.1) is 0 Å². The van der Waals surface area contributed by atoms with Gasteiger partial charge in [0.15, 0.2) is 0 Å². The number of hydrogen-bond acceptors (Lipinski definition) is 4. The monoisotopic (exact) mass is 222 g/mol. The third-order valence-corrected chi connectivity index (χ3v) is 2.50. The van der Waals surface area contributed by atoms with E-state index in [1.807, 2.05) is 23.3 Å². The van der Waals surface area contributed by atoms with Crippen LogP contribution in [0.2, 0.25) is 0 Å². The van der Waals surface area contributed by atoms with Crippen molar-refractivity contribution in [2.24, 2.45) is 0 Å². The van der Waals surface area contributed by atoms with E-state index in [-0.39, 0.29) is 0 Å². The Morgan fingerprint density at radius 2 is 2.38 bits per heavy atom. The Labute approximate surface area is 95.9 Å². The van der Waals surface area contributed by atoms with Crippen molar-refractivity contribution in [3.8, 4) is 5.75 Å². The van der Waals surface area contributed by atoms with Crippen molar-refractivity contribution in [2.45, 2.75) is 19.8 Å². The fourth-order valence-corrected chi connectivity index (χ4v) is 1.67. The predicted molar refractivity (Wildman–Crippen MR) is 64.6 cm³/mol. The normalized spacial score (nSPS) is 15.4. The summed E-state index contributed by atoms with van der Waals surface area (Å²) in [6.45, 7) is 4.48. The first kappa shape index (κ1) is 11.1. The first-order valence-corrected chi connectivity index (χ1v) is 5.74. The lowest BCUT2D eigenvalue weighted by molar-refractivity contribution is 0.168. The molecule has 4 heteroatoms. The molecule has 0 bridgehead atoms. The van der Waals surface area contributed by atoms with E-state index in [9.17, 15) is 0 Å². The summed E-state index contributed by atoms with van der Waals surface area (Å²) < 4.78 is 5.58. The average molecular weight is 222 g/mol. The standard InChI is InChI=1S/C12H18N2O2/c1-2-7-15-12-9-10(4-5-11(12)13)14-6-3-8-16-14/h4-5,9H,2-3,6-8,13H2,1H3. The van der Waals surface area contributed by atoms with Crippen LogP contribution >= 0.6 is 0 Å². The van der Waals surface area contributed by atoms with Crippen LogP contribution in [0.3, 0.4) is 0 Å². The van der Waals surface area contributed by atoms with E-state index in [1.54, 1.807) is 0 Å². The Morgan fingerprint density at radius 3 is 3.06 bits per heavy atom. The molecule has 1 fully saturated rings. The number of nitrogens with two attached hydrogens (primary N) is 1. The van der Waals surface area contributed by atoms with Crippen LogP contribution in [0.5, 0.6) is 5.75 Å². The van der Waals surface area contributed by atoms with Crippen LogP contribution in [0.4, 0.5) is 11.4 Å². The Balaban J connectivity index is 2.13. The topological polar surface area (TPSA) is 47.7 Å². The number of benzene rings is 1. The van der Waals surface area contributed by atoms with E-state index >= 15 is 0 Å². The lowest BCUT2D eigenvalue weighted by Crippen LogP contribution is -2.16. The van der Waals surface area contributed by atoms with Crippen LogP contribution in [-0.2, 0) is 4.84 Å². The summed E-state index contributed by atoms with van der Waals surface area (Å²) in [5, 5.41) is 1.89. The van der Waals surface area contributed by atoms with E-state index in [0.717, 1.165) is 37.4 Å². The van der Waals surface area contributed by atoms with Crippen molar-refractivity contribution in [1.82, 2.24) is 0 Å². The third-order valence-electron chi connectivity index (χ3n) is 2.50. The molecule has 0 radical (unpaired) electrons. The smallest absolute Gasteiger partial charge is 0.144 e. The zero-order valence-corrected chi connectivity index (χ0v) is 9.61. The maximum atomic E-state index is 5.84. The van der Waals surface area contributed by atoms with Crippen molar-refractivity contribution in [1.29, 1.82) is 0 Å². The first-order valence-electron chi connectivity index (χ1n) is 5.74. The van der Waals surface area contributed by atoms with Gasteiger partial charge in [-0.15, -0.1) is 0 Å². The largest absolute Gasteiger partial charge is 0.491 e. The summed E-state index contributed by atoms with van der Waals surface area (Å²) in [6, 6.07) is 5.76. The van der Waals surface area contributed by atoms with Gasteiger partial charge in [-0.2, -0.15) is 0 Å². The summed E-state index contributed by atoms with van der Waals surface area (Å²) in [5.41, 5.74) is 7.53. The van der Waals surface area contributed by atoms with Gasteiger partial charge in [0, 0.05) is 12.6 Å². The lowest BCUT2D eigenvalue weighted by atomic mass is 10.2. The van der Waals surface area contributed by atoms with Crippen molar-refractivity contribution < 1.29 is 9.57 Å². The molecular formula is C12H18N2O2. The van der Waals surface area contributed by atoms with Gasteiger partial charge in [0.2, 0.25) is 0 Å². The maximum absolute atomic E-state index is 5.84. The molecule has 4 nitrogen and oxygen atoms in total. The molecule has 0 spiro atoms. The molecule has 0 saturated carbocycles. The highest BCUT2D eigenvalue weighted by Crippen LogP contribution is 2.29. The van der Waals surface area contributed by atoms with Gasteiger partial charge in [-0.1, -0.05) is 6.92 Å². The number of rotatable bonds is 4. The zero-order valence-electron chi connectivity index (χ0n) is 9.61. The van der Waals surface area contributed by atoms with Gasteiger partial charge in [0.25, 0.3) is 0 Å². The molecule has 0 atom stereocenters. The second-order valence-electron chi connectivity index (χ2n) is 3.86. The summed E-state index contributed by atoms with van der Waals surface area (Å²) in [6.07, 6.45) is 2.04. The second-order valence-corrected chi connectivity index (χ2v) is 3.86. The zero-order chi connectivity index (χ0) is 11.4. The first-order chi connectivity index (χ1) is 7.81. The molecule has 2 rings (SSSR count). The summed E-state index contributed by atoms with van der Waals surface area (Å²) in [5.74, 6) is 0.745. The molecular weight excluding hydrogens is 204 g/mol. The van der Waals surface area contributed by atoms with Crippen molar-refractivity contribution in [2.75, 3.05) is 30.6 Å².